The quantitative estimate of drug-likeness (QED) is 0.893. The zero-order chi connectivity index (χ0) is 18.7. The van der Waals surface area contributed by atoms with Gasteiger partial charge in [0, 0.05) is 13.5 Å². The fourth-order valence-electron chi connectivity index (χ4n) is 3.25. The molecule has 2 aromatic rings. The Labute approximate surface area is 150 Å². The Morgan fingerprint density at radius 3 is 2.50 bits per heavy atom. The normalized spacial score (nSPS) is 18.0. The Kier molecular flexibility index (Phi) is 5.30. The Balaban J connectivity index is 1.83. The number of carbonyl (C=O) groups is 2. The first-order valence-corrected chi connectivity index (χ1v) is 8.50. The molecule has 3 rings (SSSR count). The van der Waals surface area contributed by atoms with E-state index in [1.54, 1.807) is 31.3 Å². The van der Waals surface area contributed by atoms with Crippen LogP contribution < -0.4 is 5.32 Å². The molecule has 0 spiro atoms. The average molecular weight is 358 g/mol. The Bertz CT molecular complexity index is 825. The van der Waals surface area contributed by atoms with Crippen molar-refractivity contribution in [2.24, 2.45) is 0 Å². The zero-order valence-corrected chi connectivity index (χ0v) is 14.4. The summed E-state index contributed by atoms with van der Waals surface area (Å²) >= 11 is 0. The average Bonchev–Trinajstić information content (AvgIpc) is 2.93. The van der Waals surface area contributed by atoms with E-state index in [0.29, 0.717) is 30.4 Å². The van der Waals surface area contributed by atoms with Crippen molar-refractivity contribution >= 4 is 11.8 Å². The van der Waals surface area contributed by atoms with E-state index in [9.17, 15) is 18.4 Å². The maximum atomic E-state index is 13.7. The molecule has 0 aromatic heterocycles. The summed E-state index contributed by atoms with van der Waals surface area (Å²) in [6.45, 7) is 0. The lowest BCUT2D eigenvalue weighted by Crippen LogP contribution is -2.44. The molecule has 0 unspecified atom stereocenters. The molecule has 1 aliphatic heterocycles. The summed E-state index contributed by atoms with van der Waals surface area (Å²) in [5.41, 5.74) is 1.28. The summed E-state index contributed by atoms with van der Waals surface area (Å²) in [6, 6.07) is 11.0. The van der Waals surface area contributed by atoms with Gasteiger partial charge in [-0.1, -0.05) is 24.3 Å². The second kappa shape index (κ2) is 7.64. The van der Waals surface area contributed by atoms with E-state index < -0.39 is 17.9 Å². The molecule has 4 nitrogen and oxygen atoms in total. The molecule has 1 heterocycles. The number of carbonyl (C=O) groups excluding carboxylic acids is 2. The molecule has 2 amide bonds. The number of amides is 2. The number of likely N-dealkylation sites (N-methyl/N-ethyl adjacent to an activating group) is 1. The van der Waals surface area contributed by atoms with Gasteiger partial charge in [0.2, 0.25) is 11.8 Å². The molecule has 2 atom stereocenters. The van der Waals surface area contributed by atoms with Gasteiger partial charge in [-0.25, -0.2) is 8.78 Å². The van der Waals surface area contributed by atoms with Crippen LogP contribution in [-0.4, -0.2) is 29.8 Å². The lowest BCUT2D eigenvalue weighted by atomic mass is 9.98. The topological polar surface area (TPSA) is 49.4 Å². The highest BCUT2D eigenvalue weighted by Crippen LogP contribution is 2.22. The van der Waals surface area contributed by atoms with E-state index in [1.807, 2.05) is 0 Å². The van der Waals surface area contributed by atoms with E-state index >= 15 is 0 Å². The number of nitrogens with zero attached hydrogens (tertiary/aromatic N) is 1. The van der Waals surface area contributed by atoms with Gasteiger partial charge in [0.05, 0.1) is 6.04 Å². The molecule has 2 aromatic carbocycles. The maximum Gasteiger partial charge on any atom is 0.243 e. The van der Waals surface area contributed by atoms with Crippen molar-refractivity contribution in [1.82, 2.24) is 10.2 Å². The van der Waals surface area contributed by atoms with E-state index in [1.165, 1.54) is 29.2 Å². The lowest BCUT2D eigenvalue weighted by Gasteiger charge is -2.24. The van der Waals surface area contributed by atoms with Crippen LogP contribution in [0.25, 0.3) is 0 Å². The van der Waals surface area contributed by atoms with Crippen molar-refractivity contribution in [3.05, 3.63) is 71.3 Å². The Morgan fingerprint density at radius 2 is 1.88 bits per heavy atom. The predicted octanol–water partition coefficient (Wildman–Crippen LogP) is 2.99. The van der Waals surface area contributed by atoms with Gasteiger partial charge in [-0.2, -0.15) is 0 Å². The minimum atomic E-state index is -0.536. The number of nitrogens with one attached hydrogen (secondary N) is 1. The molecule has 0 radical (unpaired) electrons. The second-order valence-corrected chi connectivity index (χ2v) is 6.51. The molecule has 1 saturated heterocycles. The lowest BCUT2D eigenvalue weighted by molar-refractivity contribution is -0.134. The monoisotopic (exact) mass is 358 g/mol. The number of hydrogen-bond acceptors (Lipinski definition) is 2. The summed E-state index contributed by atoms with van der Waals surface area (Å²) in [4.78, 5) is 25.8. The van der Waals surface area contributed by atoms with Crippen LogP contribution in [0.3, 0.4) is 0 Å². The maximum absolute atomic E-state index is 13.7. The molecule has 1 aliphatic rings. The van der Waals surface area contributed by atoms with Gasteiger partial charge in [0.25, 0.3) is 0 Å². The Morgan fingerprint density at radius 1 is 1.19 bits per heavy atom. The van der Waals surface area contributed by atoms with Crippen LogP contribution in [0.1, 0.15) is 30.0 Å². The number of rotatable bonds is 5. The van der Waals surface area contributed by atoms with Crippen LogP contribution in [0, 0.1) is 11.6 Å². The number of hydrogen-bond donors (Lipinski definition) is 1. The number of likely N-dealkylation sites (tertiary alicyclic amines) is 1. The van der Waals surface area contributed by atoms with Gasteiger partial charge in [0.1, 0.15) is 17.7 Å². The third-order valence-electron chi connectivity index (χ3n) is 4.69. The van der Waals surface area contributed by atoms with Gasteiger partial charge in [-0.3, -0.25) is 9.59 Å². The van der Waals surface area contributed by atoms with Crippen molar-refractivity contribution in [1.29, 1.82) is 0 Å². The molecule has 136 valence electrons. The summed E-state index contributed by atoms with van der Waals surface area (Å²) in [5, 5.41) is 2.90. The standard InChI is InChI=1S/C20H20F2N2O2/c1-24-18(8-9-19(24)25)20(26)23-17(14-5-3-7-16(22)12-14)11-13-4-2-6-15(21)10-13/h2-7,10,12,17-18H,8-9,11H2,1H3,(H,23,26)/t17-,18-/m1/s1. The smallest absolute Gasteiger partial charge is 0.243 e. The predicted molar refractivity (Wildman–Crippen MR) is 93.2 cm³/mol. The molecule has 0 saturated carbocycles. The van der Waals surface area contributed by atoms with Crippen LogP contribution in [0.5, 0.6) is 0 Å². The number of halogens is 2. The highest BCUT2D eigenvalue weighted by Gasteiger charge is 2.34. The van der Waals surface area contributed by atoms with Crippen molar-refractivity contribution in [3.8, 4) is 0 Å². The van der Waals surface area contributed by atoms with Crippen LogP contribution in [-0.2, 0) is 16.0 Å². The molecular formula is C20H20F2N2O2. The van der Waals surface area contributed by atoms with Gasteiger partial charge in [-0.15, -0.1) is 0 Å². The first kappa shape index (κ1) is 18.0. The first-order valence-electron chi connectivity index (χ1n) is 8.50. The first-order chi connectivity index (χ1) is 12.4. The van der Waals surface area contributed by atoms with Gasteiger partial charge in [0.15, 0.2) is 0 Å². The van der Waals surface area contributed by atoms with Crippen LogP contribution in [0.15, 0.2) is 48.5 Å². The van der Waals surface area contributed by atoms with Crippen LogP contribution in [0.4, 0.5) is 8.78 Å². The summed E-state index contributed by atoms with van der Waals surface area (Å²) in [5.74, 6) is -1.14. The Hall–Kier alpha value is -2.76. The van der Waals surface area contributed by atoms with Crippen LogP contribution >= 0.6 is 0 Å². The SMILES string of the molecule is CN1C(=O)CC[C@@H]1C(=O)N[C@H](Cc1cccc(F)c1)c1cccc(F)c1. The molecular weight excluding hydrogens is 338 g/mol. The molecule has 1 N–H and O–H groups in total. The van der Waals surface area contributed by atoms with E-state index in [4.69, 9.17) is 0 Å². The van der Waals surface area contributed by atoms with Gasteiger partial charge < -0.3 is 10.2 Å². The van der Waals surface area contributed by atoms with Crippen molar-refractivity contribution in [3.63, 3.8) is 0 Å². The van der Waals surface area contributed by atoms with Crippen LogP contribution in [0.2, 0.25) is 0 Å². The van der Waals surface area contributed by atoms with Crippen molar-refractivity contribution < 1.29 is 18.4 Å². The zero-order valence-electron chi connectivity index (χ0n) is 14.4. The van der Waals surface area contributed by atoms with Crippen molar-refractivity contribution in [2.45, 2.75) is 31.3 Å². The minimum Gasteiger partial charge on any atom is -0.347 e. The van der Waals surface area contributed by atoms with Crippen molar-refractivity contribution in [2.75, 3.05) is 7.05 Å². The molecule has 6 heteroatoms. The minimum absolute atomic E-state index is 0.0717. The highest BCUT2D eigenvalue weighted by molar-refractivity contribution is 5.90. The fourth-order valence-corrected chi connectivity index (χ4v) is 3.25. The second-order valence-electron chi connectivity index (χ2n) is 6.51. The molecule has 0 aliphatic carbocycles. The summed E-state index contributed by atoms with van der Waals surface area (Å²) in [6.07, 6.45) is 1.11. The largest absolute Gasteiger partial charge is 0.347 e. The van der Waals surface area contributed by atoms with E-state index in [0.717, 1.165) is 0 Å². The van der Waals surface area contributed by atoms with E-state index in [-0.39, 0.29) is 17.6 Å². The highest BCUT2D eigenvalue weighted by atomic mass is 19.1. The fraction of sp³-hybridized carbons (Fsp3) is 0.300. The van der Waals surface area contributed by atoms with E-state index in [2.05, 4.69) is 5.32 Å². The molecule has 0 bridgehead atoms. The molecule has 1 fully saturated rings. The summed E-state index contributed by atoms with van der Waals surface area (Å²) in [7, 11) is 1.60. The molecule has 26 heavy (non-hydrogen) atoms. The number of benzene rings is 2. The van der Waals surface area contributed by atoms with Gasteiger partial charge in [-0.05, 0) is 48.2 Å². The third-order valence-corrected chi connectivity index (χ3v) is 4.69. The third kappa shape index (κ3) is 4.07. The summed E-state index contributed by atoms with van der Waals surface area (Å²) < 4.78 is 27.2. The van der Waals surface area contributed by atoms with Gasteiger partial charge >= 0.3 is 0 Å².